The van der Waals surface area contributed by atoms with Gasteiger partial charge in [0.2, 0.25) is 0 Å². The smallest absolute Gasteiger partial charge is 0.346 e. The van der Waals surface area contributed by atoms with Gasteiger partial charge < -0.3 is 10.0 Å². The van der Waals surface area contributed by atoms with E-state index < -0.39 is 17.5 Å². The van der Waals surface area contributed by atoms with Gasteiger partial charge in [0.1, 0.15) is 4.88 Å². The van der Waals surface area contributed by atoms with Gasteiger partial charge in [-0.2, -0.15) is 0 Å². The molecule has 1 aliphatic heterocycles. The molecule has 1 aliphatic rings. The van der Waals surface area contributed by atoms with E-state index >= 15 is 4.39 Å². The van der Waals surface area contributed by atoms with Crippen LogP contribution in [-0.4, -0.2) is 35.0 Å². The molecule has 23 heavy (non-hydrogen) atoms. The molecule has 0 aliphatic carbocycles. The molecule has 0 saturated carbocycles. The zero-order valence-electron chi connectivity index (χ0n) is 12.4. The van der Waals surface area contributed by atoms with Gasteiger partial charge in [-0.1, -0.05) is 30.3 Å². The van der Waals surface area contributed by atoms with Crippen LogP contribution in [0.25, 0.3) is 0 Å². The van der Waals surface area contributed by atoms with Crippen LogP contribution in [0.3, 0.4) is 0 Å². The second-order valence-corrected chi connectivity index (χ2v) is 6.55. The van der Waals surface area contributed by atoms with E-state index in [1.807, 2.05) is 6.07 Å². The SMILES string of the molecule is O=C(O)c1sccc1C(=O)N1CCCC(F)(c2ccccc2)C1. The summed E-state index contributed by atoms with van der Waals surface area (Å²) in [5, 5.41) is 10.7. The number of hydrogen-bond acceptors (Lipinski definition) is 3. The number of rotatable bonds is 3. The minimum absolute atomic E-state index is 0.00439. The molecule has 2 heterocycles. The van der Waals surface area contributed by atoms with Crippen molar-refractivity contribution in [1.29, 1.82) is 0 Å². The van der Waals surface area contributed by atoms with Crippen molar-refractivity contribution in [3.05, 3.63) is 57.8 Å². The van der Waals surface area contributed by atoms with Crippen molar-refractivity contribution in [2.75, 3.05) is 13.1 Å². The van der Waals surface area contributed by atoms with Crippen LogP contribution in [-0.2, 0) is 5.67 Å². The highest BCUT2D eigenvalue weighted by molar-refractivity contribution is 7.12. The number of carbonyl (C=O) groups is 2. The second-order valence-electron chi connectivity index (χ2n) is 5.63. The first kappa shape index (κ1) is 15.7. The van der Waals surface area contributed by atoms with E-state index in [1.165, 1.54) is 11.0 Å². The van der Waals surface area contributed by atoms with Crippen molar-refractivity contribution in [2.45, 2.75) is 18.5 Å². The Hall–Kier alpha value is -2.21. The lowest BCUT2D eigenvalue weighted by Gasteiger charge is -2.37. The molecule has 0 radical (unpaired) electrons. The van der Waals surface area contributed by atoms with E-state index in [-0.39, 0.29) is 17.0 Å². The number of alkyl halides is 1. The maximum absolute atomic E-state index is 15.3. The summed E-state index contributed by atoms with van der Waals surface area (Å²) in [5.41, 5.74) is -0.893. The van der Waals surface area contributed by atoms with E-state index in [0.717, 1.165) is 11.3 Å². The van der Waals surface area contributed by atoms with Gasteiger partial charge in [-0.25, -0.2) is 9.18 Å². The van der Waals surface area contributed by atoms with Crippen LogP contribution in [0.2, 0.25) is 0 Å². The summed E-state index contributed by atoms with van der Waals surface area (Å²) in [7, 11) is 0. The molecule has 1 saturated heterocycles. The van der Waals surface area contributed by atoms with Crippen molar-refractivity contribution >= 4 is 23.2 Å². The normalized spacial score (nSPS) is 21.2. The third-order valence-corrected chi connectivity index (χ3v) is 5.01. The maximum Gasteiger partial charge on any atom is 0.346 e. The van der Waals surface area contributed by atoms with Crippen molar-refractivity contribution < 1.29 is 19.1 Å². The number of benzene rings is 1. The molecule has 1 unspecified atom stereocenters. The van der Waals surface area contributed by atoms with E-state index in [1.54, 1.807) is 29.6 Å². The molecule has 0 spiro atoms. The van der Waals surface area contributed by atoms with Crippen molar-refractivity contribution in [3.63, 3.8) is 0 Å². The molecule has 1 aromatic heterocycles. The quantitative estimate of drug-likeness (QED) is 0.934. The van der Waals surface area contributed by atoms with Gasteiger partial charge >= 0.3 is 5.97 Å². The Balaban J connectivity index is 1.85. The molecule has 6 heteroatoms. The molecule has 1 atom stereocenters. The number of thiophene rings is 1. The average Bonchev–Trinajstić information content (AvgIpc) is 3.05. The van der Waals surface area contributed by atoms with Crippen molar-refractivity contribution in [3.8, 4) is 0 Å². The molecule has 3 rings (SSSR count). The molecule has 2 aromatic rings. The Morgan fingerprint density at radius 3 is 2.65 bits per heavy atom. The zero-order chi connectivity index (χ0) is 16.4. The Morgan fingerprint density at radius 1 is 1.22 bits per heavy atom. The average molecular weight is 333 g/mol. The van der Waals surface area contributed by atoms with Crippen LogP contribution in [0.5, 0.6) is 0 Å². The van der Waals surface area contributed by atoms with Gasteiger partial charge in [-0.15, -0.1) is 11.3 Å². The standard InChI is InChI=1S/C17H16FNO3S/c18-17(12-5-2-1-3-6-12)8-4-9-19(11-17)15(20)13-7-10-23-14(13)16(21)22/h1-3,5-7,10H,4,8-9,11H2,(H,21,22). The lowest BCUT2D eigenvalue weighted by molar-refractivity contribution is 0.0322. The Bertz CT molecular complexity index is 730. The first-order valence-electron chi connectivity index (χ1n) is 7.36. The van der Waals surface area contributed by atoms with Crippen molar-refractivity contribution in [1.82, 2.24) is 4.90 Å². The highest BCUT2D eigenvalue weighted by atomic mass is 32.1. The fraction of sp³-hybridized carbons (Fsp3) is 0.294. The van der Waals surface area contributed by atoms with Gasteiger partial charge in [-0.05, 0) is 29.9 Å². The van der Waals surface area contributed by atoms with Gasteiger partial charge in [0.05, 0.1) is 12.1 Å². The largest absolute Gasteiger partial charge is 0.477 e. The number of carbonyl (C=O) groups excluding carboxylic acids is 1. The van der Waals surface area contributed by atoms with Crippen molar-refractivity contribution in [2.24, 2.45) is 0 Å². The summed E-state index contributed by atoms with van der Waals surface area (Å²) >= 11 is 1.01. The number of amides is 1. The number of halogens is 1. The zero-order valence-corrected chi connectivity index (χ0v) is 13.2. The summed E-state index contributed by atoms with van der Waals surface area (Å²) in [5.74, 6) is -1.55. The Kier molecular flexibility index (Phi) is 4.17. The van der Waals surface area contributed by atoms with Crippen LogP contribution >= 0.6 is 11.3 Å². The summed E-state index contributed by atoms with van der Waals surface area (Å²) in [4.78, 5) is 25.2. The summed E-state index contributed by atoms with van der Waals surface area (Å²) in [6, 6.07) is 10.3. The van der Waals surface area contributed by atoms with E-state index in [0.29, 0.717) is 24.9 Å². The predicted molar refractivity (Wildman–Crippen MR) is 85.6 cm³/mol. The minimum atomic E-state index is -1.59. The van der Waals surface area contributed by atoms with Crippen LogP contribution in [0.1, 0.15) is 38.4 Å². The fourth-order valence-electron chi connectivity index (χ4n) is 2.97. The van der Waals surface area contributed by atoms with E-state index in [2.05, 4.69) is 0 Å². The Labute approximate surface area is 137 Å². The fourth-order valence-corrected chi connectivity index (χ4v) is 3.69. The Morgan fingerprint density at radius 2 is 1.96 bits per heavy atom. The number of piperidine rings is 1. The van der Waals surface area contributed by atoms with Gasteiger partial charge in [-0.3, -0.25) is 4.79 Å². The number of nitrogens with zero attached hydrogens (tertiary/aromatic N) is 1. The van der Waals surface area contributed by atoms with Gasteiger partial charge in [0, 0.05) is 6.54 Å². The molecule has 1 aromatic carbocycles. The maximum atomic E-state index is 15.3. The van der Waals surface area contributed by atoms with Crippen LogP contribution in [0, 0.1) is 0 Å². The lowest BCUT2D eigenvalue weighted by atomic mass is 9.87. The lowest BCUT2D eigenvalue weighted by Crippen LogP contribution is -2.46. The monoisotopic (exact) mass is 333 g/mol. The molecular weight excluding hydrogens is 317 g/mol. The van der Waals surface area contributed by atoms with Gasteiger partial charge in [0.15, 0.2) is 5.67 Å². The molecule has 120 valence electrons. The highest BCUT2D eigenvalue weighted by Crippen LogP contribution is 2.36. The molecule has 1 amide bonds. The first-order chi connectivity index (χ1) is 11.0. The third-order valence-electron chi connectivity index (χ3n) is 4.11. The second kappa shape index (κ2) is 6.12. The number of likely N-dealkylation sites (tertiary alicyclic amines) is 1. The molecule has 4 nitrogen and oxygen atoms in total. The molecule has 1 N–H and O–H groups in total. The molecule has 0 bridgehead atoms. The molecule has 1 fully saturated rings. The highest BCUT2D eigenvalue weighted by Gasteiger charge is 2.39. The minimum Gasteiger partial charge on any atom is -0.477 e. The van der Waals surface area contributed by atoms with Crippen LogP contribution in [0.15, 0.2) is 41.8 Å². The predicted octanol–water partition coefficient (Wildman–Crippen LogP) is 3.55. The molecular formula is C17H16FNO3S. The van der Waals surface area contributed by atoms with E-state index in [9.17, 15) is 9.59 Å². The summed E-state index contributed by atoms with van der Waals surface area (Å²) in [6.45, 7) is 0.386. The van der Waals surface area contributed by atoms with E-state index in [4.69, 9.17) is 5.11 Å². The summed E-state index contributed by atoms with van der Waals surface area (Å²) in [6.07, 6.45) is 0.903. The number of aromatic carboxylic acids is 1. The van der Waals surface area contributed by atoms with Crippen LogP contribution in [0.4, 0.5) is 4.39 Å². The third kappa shape index (κ3) is 2.99. The topological polar surface area (TPSA) is 57.6 Å². The number of carboxylic acids is 1. The number of hydrogen-bond donors (Lipinski definition) is 1. The van der Waals surface area contributed by atoms with Gasteiger partial charge in [0.25, 0.3) is 5.91 Å². The van der Waals surface area contributed by atoms with Crippen LogP contribution < -0.4 is 0 Å². The number of carboxylic acid groups (broad SMARTS) is 1. The first-order valence-corrected chi connectivity index (χ1v) is 8.24. The summed E-state index contributed by atoms with van der Waals surface area (Å²) < 4.78 is 15.3.